The predicted octanol–water partition coefficient (Wildman–Crippen LogP) is 3.62. The number of rotatable bonds is 4. The zero-order valence-corrected chi connectivity index (χ0v) is 11.5. The van der Waals surface area contributed by atoms with E-state index in [1.807, 2.05) is 6.92 Å². The molecule has 1 aromatic rings. The summed E-state index contributed by atoms with van der Waals surface area (Å²) in [5.74, 6) is 0.997. The minimum atomic E-state index is 0.372. The van der Waals surface area contributed by atoms with Crippen LogP contribution in [-0.2, 0) is 0 Å². The van der Waals surface area contributed by atoms with Gasteiger partial charge in [-0.3, -0.25) is 0 Å². The third-order valence-electron chi connectivity index (χ3n) is 2.57. The molecule has 0 radical (unpaired) electrons. The van der Waals surface area contributed by atoms with Crippen molar-refractivity contribution in [3.63, 3.8) is 0 Å². The van der Waals surface area contributed by atoms with Crippen molar-refractivity contribution in [2.45, 2.75) is 54.0 Å². The van der Waals surface area contributed by atoms with Crippen LogP contribution >= 0.6 is 0 Å². The summed E-state index contributed by atoms with van der Waals surface area (Å²) in [7, 11) is 0. The summed E-state index contributed by atoms with van der Waals surface area (Å²) in [5.41, 5.74) is 1.45. The van der Waals surface area contributed by atoms with Crippen LogP contribution in [0.15, 0.2) is 6.20 Å². The summed E-state index contributed by atoms with van der Waals surface area (Å²) in [6, 6.07) is 0.457. The van der Waals surface area contributed by atoms with E-state index in [1.54, 1.807) is 0 Å². The number of hydrogen-bond acceptors (Lipinski definition) is 2. The average Bonchev–Trinajstić information content (AvgIpc) is 2.44. The average molecular weight is 223 g/mol. The van der Waals surface area contributed by atoms with E-state index in [9.17, 15) is 0 Å². The van der Waals surface area contributed by atoms with Crippen molar-refractivity contribution in [2.24, 2.45) is 5.41 Å². The maximum absolute atomic E-state index is 4.50. The molecule has 0 saturated carbocycles. The fourth-order valence-corrected chi connectivity index (χ4v) is 1.59. The van der Waals surface area contributed by atoms with Crippen molar-refractivity contribution in [1.29, 1.82) is 0 Å². The van der Waals surface area contributed by atoms with E-state index in [-0.39, 0.29) is 0 Å². The molecule has 0 aliphatic rings. The Kier molecular flexibility index (Phi) is 4.00. The van der Waals surface area contributed by atoms with Crippen LogP contribution in [0, 0.1) is 12.3 Å². The Labute approximate surface area is 99.3 Å². The van der Waals surface area contributed by atoms with Gasteiger partial charge in [0.2, 0.25) is 5.95 Å². The van der Waals surface area contributed by atoms with E-state index in [1.165, 1.54) is 0 Å². The molecule has 0 aliphatic heterocycles. The zero-order valence-electron chi connectivity index (χ0n) is 11.5. The molecule has 1 N–H and O–H groups in total. The molecular weight excluding hydrogens is 198 g/mol. The summed E-state index contributed by atoms with van der Waals surface area (Å²) >= 11 is 0. The molecule has 0 aliphatic carbocycles. The molecule has 1 heterocycles. The van der Waals surface area contributed by atoms with Gasteiger partial charge in [-0.1, -0.05) is 20.8 Å². The standard InChI is InChI=1S/C13H25N3/c1-10(2)16-9-11(3)15-12(16)14-8-7-13(4,5)6/h9-10H,7-8H2,1-6H3,(H,14,15). The Morgan fingerprint density at radius 3 is 2.50 bits per heavy atom. The van der Waals surface area contributed by atoms with Gasteiger partial charge in [0.1, 0.15) is 0 Å². The van der Waals surface area contributed by atoms with Crippen LogP contribution < -0.4 is 5.32 Å². The monoisotopic (exact) mass is 223 g/mol. The number of nitrogens with zero attached hydrogens (tertiary/aromatic N) is 2. The topological polar surface area (TPSA) is 29.9 Å². The van der Waals surface area contributed by atoms with Gasteiger partial charge in [-0.05, 0) is 32.6 Å². The number of anilines is 1. The molecule has 0 bridgehead atoms. The van der Waals surface area contributed by atoms with Crippen LogP contribution in [0.1, 0.15) is 52.8 Å². The van der Waals surface area contributed by atoms with E-state index >= 15 is 0 Å². The molecule has 16 heavy (non-hydrogen) atoms. The Balaban J connectivity index is 2.60. The lowest BCUT2D eigenvalue weighted by molar-refractivity contribution is 0.389. The fraction of sp³-hybridized carbons (Fsp3) is 0.769. The largest absolute Gasteiger partial charge is 0.356 e. The maximum Gasteiger partial charge on any atom is 0.203 e. The Bertz CT molecular complexity index is 331. The highest BCUT2D eigenvalue weighted by Gasteiger charge is 2.11. The van der Waals surface area contributed by atoms with Gasteiger partial charge in [0.25, 0.3) is 0 Å². The molecule has 0 unspecified atom stereocenters. The van der Waals surface area contributed by atoms with Gasteiger partial charge in [-0.25, -0.2) is 4.98 Å². The third-order valence-corrected chi connectivity index (χ3v) is 2.57. The van der Waals surface area contributed by atoms with E-state index in [2.05, 4.69) is 55.7 Å². The van der Waals surface area contributed by atoms with Gasteiger partial charge >= 0.3 is 0 Å². The molecule has 0 amide bonds. The molecule has 0 spiro atoms. The Morgan fingerprint density at radius 2 is 2.00 bits per heavy atom. The normalized spacial score (nSPS) is 12.2. The first-order valence-electron chi connectivity index (χ1n) is 6.09. The molecule has 1 aromatic heterocycles. The number of hydrogen-bond donors (Lipinski definition) is 1. The van der Waals surface area contributed by atoms with Crippen LogP contribution in [0.2, 0.25) is 0 Å². The van der Waals surface area contributed by atoms with Crippen LogP contribution in [0.4, 0.5) is 5.95 Å². The Morgan fingerprint density at radius 1 is 1.38 bits per heavy atom. The van der Waals surface area contributed by atoms with E-state index in [0.717, 1.165) is 24.6 Å². The fourth-order valence-electron chi connectivity index (χ4n) is 1.59. The summed E-state index contributed by atoms with van der Waals surface area (Å²) in [6.45, 7) is 14.1. The van der Waals surface area contributed by atoms with Gasteiger partial charge in [0.15, 0.2) is 0 Å². The van der Waals surface area contributed by atoms with Crippen LogP contribution in [0.25, 0.3) is 0 Å². The molecule has 0 fully saturated rings. The van der Waals surface area contributed by atoms with Gasteiger partial charge in [0.05, 0.1) is 5.69 Å². The second kappa shape index (κ2) is 4.89. The van der Waals surface area contributed by atoms with Crippen molar-refractivity contribution < 1.29 is 0 Å². The van der Waals surface area contributed by atoms with E-state index in [4.69, 9.17) is 0 Å². The van der Waals surface area contributed by atoms with Crippen molar-refractivity contribution in [3.8, 4) is 0 Å². The SMILES string of the molecule is Cc1cn(C(C)C)c(NCCC(C)(C)C)n1. The minimum Gasteiger partial charge on any atom is -0.356 e. The predicted molar refractivity (Wildman–Crippen MR) is 69.9 cm³/mol. The molecule has 0 atom stereocenters. The first-order valence-corrected chi connectivity index (χ1v) is 6.09. The molecular formula is C13H25N3. The first-order chi connectivity index (χ1) is 7.29. The summed E-state index contributed by atoms with van der Waals surface area (Å²) in [6.07, 6.45) is 3.25. The van der Waals surface area contributed by atoms with Gasteiger partial charge in [-0.2, -0.15) is 0 Å². The number of nitrogens with one attached hydrogen (secondary N) is 1. The summed E-state index contributed by atoms with van der Waals surface area (Å²) < 4.78 is 2.19. The summed E-state index contributed by atoms with van der Waals surface area (Å²) in [4.78, 5) is 4.50. The second-order valence-electron chi connectivity index (χ2n) is 5.94. The highest BCUT2D eigenvalue weighted by Crippen LogP contribution is 2.19. The first kappa shape index (κ1) is 13.1. The zero-order chi connectivity index (χ0) is 12.3. The maximum atomic E-state index is 4.50. The van der Waals surface area contributed by atoms with Crippen molar-refractivity contribution in [3.05, 3.63) is 11.9 Å². The van der Waals surface area contributed by atoms with Crippen molar-refractivity contribution in [2.75, 3.05) is 11.9 Å². The van der Waals surface area contributed by atoms with Crippen LogP contribution in [0.5, 0.6) is 0 Å². The van der Waals surface area contributed by atoms with E-state index < -0.39 is 0 Å². The van der Waals surface area contributed by atoms with Crippen LogP contribution in [-0.4, -0.2) is 16.1 Å². The molecule has 0 saturated heterocycles. The lowest BCUT2D eigenvalue weighted by Gasteiger charge is -2.19. The highest BCUT2D eigenvalue weighted by molar-refractivity contribution is 5.29. The van der Waals surface area contributed by atoms with Gasteiger partial charge in [0, 0.05) is 18.8 Å². The van der Waals surface area contributed by atoms with Crippen LogP contribution in [0.3, 0.4) is 0 Å². The smallest absolute Gasteiger partial charge is 0.203 e. The number of aryl methyl sites for hydroxylation is 1. The molecule has 0 aromatic carbocycles. The quantitative estimate of drug-likeness (QED) is 0.845. The molecule has 92 valence electrons. The summed E-state index contributed by atoms with van der Waals surface area (Å²) in [5, 5.41) is 3.42. The molecule has 1 rings (SSSR count). The van der Waals surface area contributed by atoms with Gasteiger partial charge < -0.3 is 9.88 Å². The molecule has 3 heteroatoms. The highest BCUT2D eigenvalue weighted by atomic mass is 15.2. The minimum absolute atomic E-state index is 0.372. The van der Waals surface area contributed by atoms with Crippen molar-refractivity contribution in [1.82, 2.24) is 9.55 Å². The third kappa shape index (κ3) is 3.87. The molecule has 3 nitrogen and oxygen atoms in total. The number of aromatic nitrogens is 2. The van der Waals surface area contributed by atoms with Crippen molar-refractivity contribution >= 4 is 5.95 Å². The second-order valence-corrected chi connectivity index (χ2v) is 5.94. The number of imidazole rings is 1. The Hall–Kier alpha value is -0.990. The lowest BCUT2D eigenvalue weighted by atomic mass is 9.92. The van der Waals surface area contributed by atoms with Gasteiger partial charge in [-0.15, -0.1) is 0 Å². The lowest BCUT2D eigenvalue weighted by Crippen LogP contribution is -2.15. The van der Waals surface area contributed by atoms with E-state index in [0.29, 0.717) is 11.5 Å².